The summed E-state index contributed by atoms with van der Waals surface area (Å²) in [5.74, 6) is -0.0139. The summed E-state index contributed by atoms with van der Waals surface area (Å²) in [5.41, 5.74) is 5.26. The van der Waals surface area contributed by atoms with Gasteiger partial charge in [-0.1, -0.05) is 0 Å². The lowest BCUT2D eigenvalue weighted by molar-refractivity contribution is -0.405. The van der Waals surface area contributed by atoms with Crippen LogP contribution in [0.25, 0.3) is 0 Å². The lowest BCUT2D eigenvalue weighted by Gasteiger charge is -2.16. The molecule has 2 N–H and O–H groups in total. The molecule has 0 saturated heterocycles. The highest BCUT2D eigenvalue weighted by atomic mass is 16.7. The van der Waals surface area contributed by atoms with Gasteiger partial charge in [0.2, 0.25) is 0 Å². The van der Waals surface area contributed by atoms with Gasteiger partial charge in [0.05, 0.1) is 12.0 Å². The first kappa shape index (κ1) is 9.70. The summed E-state index contributed by atoms with van der Waals surface area (Å²) in [6, 6.07) is 0. The van der Waals surface area contributed by atoms with Gasteiger partial charge >= 0.3 is 0 Å². The first-order chi connectivity index (χ1) is 5.11. The SMILES string of the molecule is CCN(OC)C(N)=C[N+](=O)[O-]. The molecular weight excluding hydrogens is 150 g/mol. The molecule has 0 unspecified atom stereocenters. The lowest BCUT2D eigenvalue weighted by atomic mass is 10.6. The quantitative estimate of drug-likeness (QED) is 0.460. The Morgan fingerprint density at radius 1 is 1.91 bits per heavy atom. The molecule has 0 aromatic heterocycles. The van der Waals surface area contributed by atoms with Crippen molar-refractivity contribution in [1.82, 2.24) is 5.06 Å². The van der Waals surface area contributed by atoms with Crippen molar-refractivity contribution in [3.8, 4) is 0 Å². The molecule has 0 aliphatic heterocycles. The van der Waals surface area contributed by atoms with E-state index in [4.69, 9.17) is 10.6 Å². The van der Waals surface area contributed by atoms with E-state index < -0.39 is 4.92 Å². The third-order valence-corrected chi connectivity index (χ3v) is 1.03. The van der Waals surface area contributed by atoms with Crippen LogP contribution in [-0.4, -0.2) is 23.6 Å². The van der Waals surface area contributed by atoms with Gasteiger partial charge in [-0.25, -0.2) is 5.06 Å². The van der Waals surface area contributed by atoms with E-state index in [0.29, 0.717) is 12.7 Å². The zero-order valence-electron chi connectivity index (χ0n) is 6.48. The van der Waals surface area contributed by atoms with Crippen LogP contribution in [0.4, 0.5) is 0 Å². The molecule has 0 aromatic carbocycles. The lowest BCUT2D eigenvalue weighted by Crippen LogP contribution is -2.27. The normalized spacial score (nSPS) is 11.3. The van der Waals surface area contributed by atoms with Crippen molar-refractivity contribution >= 4 is 0 Å². The minimum atomic E-state index is -0.628. The summed E-state index contributed by atoms with van der Waals surface area (Å²) >= 11 is 0. The van der Waals surface area contributed by atoms with Crippen LogP contribution in [0.1, 0.15) is 6.92 Å². The van der Waals surface area contributed by atoms with Crippen LogP contribution in [0, 0.1) is 10.1 Å². The number of hydrogen-bond acceptors (Lipinski definition) is 5. The van der Waals surface area contributed by atoms with Gasteiger partial charge in [-0.2, -0.15) is 0 Å². The molecule has 6 nitrogen and oxygen atoms in total. The maximum Gasteiger partial charge on any atom is 0.276 e. The molecule has 0 heterocycles. The Morgan fingerprint density at radius 3 is 2.73 bits per heavy atom. The second-order valence-electron chi connectivity index (χ2n) is 1.72. The van der Waals surface area contributed by atoms with Gasteiger partial charge in [0.1, 0.15) is 0 Å². The zero-order valence-corrected chi connectivity index (χ0v) is 6.48. The molecule has 0 fully saturated rings. The van der Waals surface area contributed by atoms with Crippen LogP contribution < -0.4 is 5.73 Å². The summed E-state index contributed by atoms with van der Waals surface area (Å²) in [7, 11) is 1.39. The van der Waals surface area contributed by atoms with E-state index in [0.717, 1.165) is 0 Å². The molecule has 0 rings (SSSR count). The molecule has 0 aromatic rings. The number of nitrogens with zero attached hydrogens (tertiary/aromatic N) is 2. The van der Waals surface area contributed by atoms with Crippen LogP contribution in [0.5, 0.6) is 0 Å². The van der Waals surface area contributed by atoms with Crippen molar-refractivity contribution in [3.05, 3.63) is 22.1 Å². The van der Waals surface area contributed by atoms with Crippen molar-refractivity contribution in [3.63, 3.8) is 0 Å². The van der Waals surface area contributed by atoms with E-state index in [2.05, 4.69) is 0 Å². The fourth-order valence-corrected chi connectivity index (χ4v) is 0.589. The molecule has 0 spiro atoms. The Morgan fingerprint density at radius 2 is 2.45 bits per heavy atom. The molecule has 0 radical (unpaired) electrons. The van der Waals surface area contributed by atoms with Gasteiger partial charge < -0.3 is 5.73 Å². The fourth-order valence-electron chi connectivity index (χ4n) is 0.589. The van der Waals surface area contributed by atoms with E-state index in [1.165, 1.54) is 12.2 Å². The van der Waals surface area contributed by atoms with Crippen molar-refractivity contribution < 1.29 is 9.76 Å². The first-order valence-electron chi connectivity index (χ1n) is 3.04. The highest BCUT2D eigenvalue weighted by Crippen LogP contribution is 1.95. The number of nitrogens with two attached hydrogens (primary N) is 1. The Balaban J connectivity index is 4.18. The minimum absolute atomic E-state index is 0.0139. The Labute approximate surface area is 64.3 Å². The maximum absolute atomic E-state index is 9.91. The fraction of sp³-hybridized carbons (Fsp3) is 0.600. The highest BCUT2D eigenvalue weighted by molar-refractivity contribution is 4.85. The van der Waals surface area contributed by atoms with E-state index in [1.54, 1.807) is 6.92 Å². The van der Waals surface area contributed by atoms with Crippen molar-refractivity contribution in [2.45, 2.75) is 6.92 Å². The Hall–Kier alpha value is -1.30. The Kier molecular flexibility index (Phi) is 3.97. The van der Waals surface area contributed by atoms with Crippen molar-refractivity contribution in [2.24, 2.45) is 5.73 Å². The van der Waals surface area contributed by atoms with Gasteiger partial charge in [-0.05, 0) is 6.92 Å². The summed E-state index contributed by atoms with van der Waals surface area (Å²) in [6.07, 6.45) is 0.688. The summed E-state index contributed by atoms with van der Waals surface area (Å²) in [4.78, 5) is 14.0. The van der Waals surface area contributed by atoms with Crippen LogP contribution in [-0.2, 0) is 4.84 Å². The van der Waals surface area contributed by atoms with E-state index in [-0.39, 0.29) is 5.82 Å². The largest absolute Gasteiger partial charge is 0.378 e. The monoisotopic (exact) mass is 161 g/mol. The number of hydrogen-bond donors (Lipinski definition) is 1. The van der Waals surface area contributed by atoms with Gasteiger partial charge in [0.25, 0.3) is 6.20 Å². The molecular formula is C5H11N3O3. The molecule has 0 aliphatic rings. The number of hydroxylamine groups is 2. The van der Waals surface area contributed by atoms with E-state index in [1.807, 2.05) is 0 Å². The molecule has 6 heteroatoms. The smallest absolute Gasteiger partial charge is 0.276 e. The average molecular weight is 161 g/mol. The topological polar surface area (TPSA) is 81.6 Å². The number of rotatable bonds is 4. The highest BCUT2D eigenvalue weighted by Gasteiger charge is 2.05. The van der Waals surface area contributed by atoms with E-state index >= 15 is 0 Å². The molecule has 0 atom stereocenters. The molecule has 11 heavy (non-hydrogen) atoms. The first-order valence-corrected chi connectivity index (χ1v) is 3.04. The second-order valence-corrected chi connectivity index (χ2v) is 1.72. The van der Waals surface area contributed by atoms with Crippen LogP contribution >= 0.6 is 0 Å². The van der Waals surface area contributed by atoms with Gasteiger partial charge in [0, 0.05) is 6.54 Å². The molecule has 0 saturated carbocycles. The van der Waals surface area contributed by atoms with Crippen LogP contribution in [0.15, 0.2) is 12.0 Å². The Bertz CT molecular complexity index is 164. The second kappa shape index (κ2) is 4.51. The van der Waals surface area contributed by atoms with Gasteiger partial charge in [-0.3, -0.25) is 15.0 Å². The molecule has 0 amide bonds. The zero-order chi connectivity index (χ0) is 8.85. The molecule has 64 valence electrons. The average Bonchev–Trinajstić information content (AvgIpc) is 1.88. The molecule has 0 aliphatic carbocycles. The van der Waals surface area contributed by atoms with Crippen molar-refractivity contribution in [2.75, 3.05) is 13.7 Å². The summed E-state index contributed by atoms with van der Waals surface area (Å²) < 4.78 is 0. The summed E-state index contributed by atoms with van der Waals surface area (Å²) in [5, 5.41) is 11.1. The van der Waals surface area contributed by atoms with Gasteiger partial charge in [0.15, 0.2) is 5.82 Å². The maximum atomic E-state index is 9.91. The predicted octanol–water partition coefficient (Wildman–Crippen LogP) is -0.0960. The third kappa shape index (κ3) is 3.41. The van der Waals surface area contributed by atoms with Crippen LogP contribution in [0.3, 0.4) is 0 Å². The van der Waals surface area contributed by atoms with E-state index in [9.17, 15) is 10.1 Å². The number of nitro groups is 1. The standard InChI is InChI=1S/C5H11N3O3/c1-3-7(11-2)5(6)4-8(9)10/h4H,3,6H2,1-2H3. The van der Waals surface area contributed by atoms with Crippen molar-refractivity contribution in [1.29, 1.82) is 0 Å². The predicted molar refractivity (Wildman–Crippen MR) is 38.7 cm³/mol. The minimum Gasteiger partial charge on any atom is -0.378 e. The third-order valence-electron chi connectivity index (χ3n) is 1.03. The summed E-state index contributed by atoms with van der Waals surface area (Å²) in [6.45, 7) is 2.23. The van der Waals surface area contributed by atoms with Gasteiger partial charge in [-0.15, -0.1) is 0 Å². The van der Waals surface area contributed by atoms with Crippen LogP contribution in [0.2, 0.25) is 0 Å². The molecule has 0 bridgehead atoms.